The summed E-state index contributed by atoms with van der Waals surface area (Å²) in [6.07, 6.45) is 5.29. The third-order valence-corrected chi connectivity index (χ3v) is 2.28. The van der Waals surface area contributed by atoms with Gasteiger partial charge in [-0.05, 0) is 25.8 Å². The summed E-state index contributed by atoms with van der Waals surface area (Å²) in [5.74, 6) is 0.593. The van der Waals surface area contributed by atoms with Gasteiger partial charge < -0.3 is 9.52 Å². The van der Waals surface area contributed by atoms with E-state index in [1.807, 2.05) is 6.08 Å². The number of fused-ring (bicyclic) bond motifs is 1. The predicted molar refractivity (Wildman–Crippen MR) is 48.7 cm³/mol. The normalized spacial score (nSPS) is 14.2. The smallest absolute Gasteiger partial charge is 0.342 e. The van der Waals surface area contributed by atoms with E-state index in [1.165, 1.54) is 0 Å². The monoisotopic (exact) mass is 178 g/mol. The second-order valence-corrected chi connectivity index (χ2v) is 3.15. The molecule has 0 atom stereocenters. The van der Waals surface area contributed by atoms with Crippen LogP contribution < -0.4 is 5.63 Å². The molecule has 0 fully saturated rings. The molecule has 0 radical (unpaired) electrons. The van der Waals surface area contributed by atoms with E-state index in [0.29, 0.717) is 11.3 Å². The van der Waals surface area contributed by atoms with E-state index in [-0.39, 0.29) is 5.75 Å². The number of hydrogen-bond donors (Lipinski definition) is 1. The lowest BCUT2D eigenvalue weighted by Crippen LogP contribution is -2.08. The molecule has 1 N–H and O–H groups in total. The maximum absolute atomic E-state index is 11.2. The fraction of sp³-hybridized carbons (Fsp3) is 0.300. The van der Waals surface area contributed by atoms with Gasteiger partial charge in [-0.2, -0.15) is 0 Å². The Morgan fingerprint density at radius 2 is 2.31 bits per heavy atom. The summed E-state index contributed by atoms with van der Waals surface area (Å²) >= 11 is 0. The van der Waals surface area contributed by atoms with Crippen LogP contribution in [0.25, 0.3) is 6.08 Å². The molecular weight excluding hydrogens is 168 g/mol. The van der Waals surface area contributed by atoms with Crippen molar-refractivity contribution in [3.8, 4) is 5.75 Å². The topological polar surface area (TPSA) is 50.4 Å². The van der Waals surface area contributed by atoms with E-state index in [0.717, 1.165) is 18.4 Å². The van der Waals surface area contributed by atoms with Crippen molar-refractivity contribution in [2.24, 2.45) is 0 Å². The first-order chi connectivity index (χ1) is 6.20. The van der Waals surface area contributed by atoms with Crippen molar-refractivity contribution in [3.63, 3.8) is 0 Å². The number of allylic oxidation sites excluding steroid dienone is 1. The van der Waals surface area contributed by atoms with E-state index >= 15 is 0 Å². The highest BCUT2D eigenvalue weighted by Crippen LogP contribution is 2.27. The Balaban J connectivity index is 2.76. The van der Waals surface area contributed by atoms with Crippen LogP contribution >= 0.6 is 0 Å². The summed E-state index contributed by atoms with van der Waals surface area (Å²) in [5, 5.41) is 9.63. The van der Waals surface area contributed by atoms with Gasteiger partial charge in [0.2, 0.25) is 0 Å². The molecule has 1 aliphatic rings. The van der Waals surface area contributed by atoms with Gasteiger partial charge >= 0.3 is 5.63 Å². The minimum Gasteiger partial charge on any atom is -0.507 e. The van der Waals surface area contributed by atoms with Crippen LogP contribution in [0.2, 0.25) is 0 Å². The van der Waals surface area contributed by atoms with Crippen LogP contribution in [0.1, 0.15) is 23.3 Å². The average molecular weight is 178 g/mol. The second-order valence-electron chi connectivity index (χ2n) is 3.15. The van der Waals surface area contributed by atoms with E-state index in [9.17, 15) is 9.90 Å². The summed E-state index contributed by atoms with van der Waals surface area (Å²) < 4.78 is 5.01. The molecule has 0 saturated heterocycles. The third-order valence-electron chi connectivity index (χ3n) is 2.28. The molecule has 68 valence electrons. The Morgan fingerprint density at radius 3 is 3.08 bits per heavy atom. The van der Waals surface area contributed by atoms with Crippen molar-refractivity contribution >= 4 is 6.08 Å². The van der Waals surface area contributed by atoms with Crippen LogP contribution in [0.15, 0.2) is 15.3 Å². The van der Waals surface area contributed by atoms with Crippen LogP contribution in [0.5, 0.6) is 5.75 Å². The molecule has 3 nitrogen and oxygen atoms in total. The maximum atomic E-state index is 11.2. The van der Waals surface area contributed by atoms with Crippen LogP contribution in [-0.4, -0.2) is 5.11 Å². The average Bonchev–Trinajstić information content (AvgIpc) is 2.15. The SMILES string of the molecule is Cc1c(O)c2c(oc1=O)C=CCC2. The molecule has 0 bridgehead atoms. The molecule has 1 aromatic heterocycles. The molecule has 2 rings (SSSR count). The van der Waals surface area contributed by atoms with Crippen molar-refractivity contribution in [1.82, 2.24) is 0 Å². The Morgan fingerprint density at radius 1 is 1.54 bits per heavy atom. The molecule has 0 saturated carbocycles. The van der Waals surface area contributed by atoms with Crippen LogP contribution in [0.3, 0.4) is 0 Å². The quantitative estimate of drug-likeness (QED) is 0.656. The molecule has 1 aromatic rings. The summed E-state index contributed by atoms with van der Waals surface area (Å²) in [6.45, 7) is 1.57. The first-order valence-electron chi connectivity index (χ1n) is 4.22. The van der Waals surface area contributed by atoms with Crippen molar-refractivity contribution in [1.29, 1.82) is 0 Å². The molecule has 13 heavy (non-hydrogen) atoms. The van der Waals surface area contributed by atoms with Gasteiger partial charge in [0.25, 0.3) is 0 Å². The summed E-state index contributed by atoms with van der Waals surface area (Å²) in [6, 6.07) is 0. The van der Waals surface area contributed by atoms with Crippen LogP contribution in [0.4, 0.5) is 0 Å². The zero-order chi connectivity index (χ0) is 9.42. The first-order valence-corrected chi connectivity index (χ1v) is 4.22. The highest BCUT2D eigenvalue weighted by atomic mass is 16.4. The van der Waals surface area contributed by atoms with Crippen LogP contribution in [-0.2, 0) is 6.42 Å². The maximum Gasteiger partial charge on any atom is 0.342 e. The number of rotatable bonds is 0. The molecule has 0 amide bonds. The van der Waals surface area contributed by atoms with Crippen molar-refractivity contribution in [3.05, 3.63) is 33.4 Å². The zero-order valence-electron chi connectivity index (χ0n) is 7.33. The van der Waals surface area contributed by atoms with Gasteiger partial charge in [0.1, 0.15) is 11.5 Å². The molecule has 0 unspecified atom stereocenters. The molecule has 1 aliphatic carbocycles. The van der Waals surface area contributed by atoms with E-state index in [4.69, 9.17) is 4.42 Å². The molecule has 3 heteroatoms. The Bertz CT molecular complexity index is 427. The molecule has 0 aromatic carbocycles. The molecule has 0 aliphatic heterocycles. The minimum absolute atomic E-state index is 0.0931. The lowest BCUT2D eigenvalue weighted by molar-refractivity contribution is 0.424. The first kappa shape index (κ1) is 8.10. The minimum atomic E-state index is -0.456. The van der Waals surface area contributed by atoms with E-state index in [1.54, 1.807) is 13.0 Å². The summed E-state index contributed by atoms with van der Waals surface area (Å²) in [4.78, 5) is 11.2. The summed E-state index contributed by atoms with van der Waals surface area (Å²) in [5.41, 5.74) is 0.594. The van der Waals surface area contributed by atoms with E-state index < -0.39 is 5.63 Å². The van der Waals surface area contributed by atoms with Gasteiger partial charge in [-0.3, -0.25) is 0 Å². The Kier molecular flexibility index (Phi) is 1.72. The Hall–Kier alpha value is -1.51. The van der Waals surface area contributed by atoms with Gasteiger partial charge in [-0.1, -0.05) is 6.08 Å². The van der Waals surface area contributed by atoms with Crippen molar-refractivity contribution in [2.45, 2.75) is 19.8 Å². The summed E-state index contributed by atoms with van der Waals surface area (Å²) in [7, 11) is 0. The number of aromatic hydroxyl groups is 1. The van der Waals surface area contributed by atoms with Crippen molar-refractivity contribution < 1.29 is 9.52 Å². The fourth-order valence-electron chi connectivity index (χ4n) is 1.47. The van der Waals surface area contributed by atoms with Gasteiger partial charge in [0, 0.05) is 5.56 Å². The number of hydrogen-bond acceptors (Lipinski definition) is 3. The molecule has 1 heterocycles. The van der Waals surface area contributed by atoms with Crippen molar-refractivity contribution in [2.75, 3.05) is 0 Å². The predicted octanol–water partition coefficient (Wildman–Crippen LogP) is 1.61. The molecular formula is C10H10O3. The molecule has 0 spiro atoms. The fourth-order valence-corrected chi connectivity index (χ4v) is 1.47. The highest BCUT2D eigenvalue weighted by molar-refractivity contribution is 5.55. The van der Waals surface area contributed by atoms with Gasteiger partial charge in [-0.15, -0.1) is 0 Å². The Labute approximate surface area is 75.3 Å². The third kappa shape index (κ3) is 1.16. The largest absolute Gasteiger partial charge is 0.507 e. The zero-order valence-corrected chi connectivity index (χ0v) is 7.33. The van der Waals surface area contributed by atoms with Gasteiger partial charge in [-0.25, -0.2) is 4.79 Å². The lowest BCUT2D eigenvalue weighted by atomic mass is 10.0. The van der Waals surface area contributed by atoms with Gasteiger partial charge in [0.15, 0.2) is 0 Å². The highest BCUT2D eigenvalue weighted by Gasteiger charge is 2.16. The van der Waals surface area contributed by atoms with Gasteiger partial charge in [0.05, 0.1) is 5.56 Å². The van der Waals surface area contributed by atoms with E-state index in [2.05, 4.69) is 0 Å². The lowest BCUT2D eigenvalue weighted by Gasteiger charge is -2.11. The standard InChI is InChI=1S/C10H10O3/c1-6-9(11)7-4-2-3-5-8(7)13-10(6)12/h3,5,11H,2,4H2,1H3. The van der Waals surface area contributed by atoms with Crippen LogP contribution in [0, 0.1) is 6.92 Å². The second kappa shape index (κ2) is 2.76.